The molecule has 1 fully saturated rings. The summed E-state index contributed by atoms with van der Waals surface area (Å²) in [6.45, 7) is 3.02. The number of phenols is 1. The Balaban J connectivity index is 1.83. The molecule has 0 unspecified atom stereocenters. The first-order valence-corrected chi connectivity index (χ1v) is 7.55. The minimum Gasteiger partial charge on any atom is -0.508 e. The summed E-state index contributed by atoms with van der Waals surface area (Å²) >= 11 is 0. The van der Waals surface area contributed by atoms with Crippen molar-refractivity contribution in [1.82, 2.24) is 9.78 Å². The average Bonchev–Trinajstić information content (AvgIpc) is 3.26. The highest BCUT2D eigenvalue weighted by Crippen LogP contribution is 2.40. The number of rotatable bonds is 3. The highest BCUT2D eigenvalue weighted by molar-refractivity contribution is 5.88. The molecule has 1 aliphatic carbocycles. The number of aryl methyl sites for hydroxylation is 1. The smallest absolute Gasteiger partial charge is 0.116 e. The molecule has 3 aromatic rings. The molecule has 2 aromatic carbocycles. The van der Waals surface area contributed by atoms with Crippen LogP contribution in [0.4, 0.5) is 0 Å². The molecule has 0 aliphatic heterocycles. The van der Waals surface area contributed by atoms with E-state index in [1.165, 1.54) is 29.8 Å². The average molecular weight is 278 g/mol. The Morgan fingerprint density at radius 3 is 2.62 bits per heavy atom. The van der Waals surface area contributed by atoms with Gasteiger partial charge in [0, 0.05) is 18.0 Å². The quantitative estimate of drug-likeness (QED) is 0.775. The van der Waals surface area contributed by atoms with E-state index in [9.17, 15) is 5.11 Å². The van der Waals surface area contributed by atoms with Gasteiger partial charge < -0.3 is 5.11 Å². The molecule has 21 heavy (non-hydrogen) atoms. The van der Waals surface area contributed by atoms with Crippen molar-refractivity contribution in [3.05, 3.63) is 48.2 Å². The summed E-state index contributed by atoms with van der Waals surface area (Å²) in [5.41, 5.74) is 3.61. The third-order valence-corrected chi connectivity index (χ3v) is 4.21. The lowest BCUT2D eigenvalue weighted by Gasteiger charge is -2.06. The fourth-order valence-corrected chi connectivity index (χ4v) is 2.88. The first-order chi connectivity index (χ1) is 10.2. The Morgan fingerprint density at radius 2 is 1.86 bits per heavy atom. The molecular weight excluding hydrogens is 260 g/mol. The molecule has 0 bridgehead atoms. The van der Waals surface area contributed by atoms with Crippen LogP contribution >= 0.6 is 0 Å². The highest BCUT2D eigenvalue weighted by atomic mass is 16.3. The van der Waals surface area contributed by atoms with Gasteiger partial charge in [-0.25, -0.2) is 0 Å². The van der Waals surface area contributed by atoms with Crippen LogP contribution in [-0.2, 0) is 6.54 Å². The van der Waals surface area contributed by atoms with Gasteiger partial charge in [0.25, 0.3) is 0 Å². The summed E-state index contributed by atoms with van der Waals surface area (Å²) in [4.78, 5) is 0. The minimum atomic E-state index is 0.310. The molecule has 0 amide bonds. The Hall–Kier alpha value is -2.29. The van der Waals surface area contributed by atoms with Crippen molar-refractivity contribution in [3.8, 4) is 17.0 Å². The molecule has 1 aliphatic rings. The van der Waals surface area contributed by atoms with E-state index in [0.717, 1.165) is 17.3 Å². The molecule has 1 aromatic heterocycles. The predicted octanol–water partition coefficient (Wildman–Crippen LogP) is 4.31. The van der Waals surface area contributed by atoms with Crippen molar-refractivity contribution in [2.45, 2.75) is 32.2 Å². The van der Waals surface area contributed by atoms with E-state index in [-0.39, 0.29) is 0 Å². The van der Waals surface area contributed by atoms with E-state index in [1.807, 2.05) is 6.07 Å². The van der Waals surface area contributed by atoms with Gasteiger partial charge >= 0.3 is 0 Å². The molecule has 3 nitrogen and oxygen atoms in total. The van der Waals surface area contributed by atoms with Crippen LogP contribution < -0.4 is 0 Å². The SMILES string of the molecule is CCn1nc(C2CC2)cc1-c1ccc2cc(O)ccc2c1. The van der Waals surface area contributed by atoms with Gasteiger partial charge in [-0.1, -0.05) is 18.2 Å². The van der Waals surface area contributed by atoms with Crippen molar-refractivity contribution < 1.29 is 5.11 Å². The number of aromatic nitrogens is 2. The summed E-state index contributed by atoms with van der Waals surface area (Å²) < 4.78 is 2.09. The molecular formula is C18H18N2O. The van der Waals surface area contributed by atoms with Crippen LogP contribution in [0.5, 0.6) is 5.75 Å². The van der Waals surface area contributed by atoms with E-state index < -0.39 is 0 Å². The predicted molar refractivity (Wildman–Crippen MR) is 84.5 cm³/mol. The van der Waals surface area contributed by atoms with Crippen molar-refractivity contribution in [2.24, 2.45) is 0 Å². The number of fused-ring (bicyclic) bond motifs is 1. The number of benzene rings is 2. The third kappa shape index (κ3) is 2.19. The fourth-order valence-electron chi connectivity index (χ4n) is 2.88. The van der Waals surface area contributed by atoms with E-state index in [4.69, 9.17) is 5.10 Å². The zero-order valence-electron chi connectivity index (χ0n) is 12.1. The number of nitrogens with zero attached hydrogens (tertiary/aromatic N) is 2. The zero-order valence-corrected chi connectivity index (χ0v) is 12.1. The van der Waals surface area contributed by atoms with Crippen LogP contribution in [-0.4, -0.2) is 14.9 Å². The van der Waals surface area contributed by atoms with E-state index in [0.29, 0.717) is 11.7 Å². The number of phenolic OH excluding ortho intramolecular Hbond substituents is 1. The van der Waals surface area contributed by atoms with Gasteiger partial charge in [0.05, 0.1) is 11.4 Å². The summed E-state index contributed by atoms with van der Waals surface area (Å²) in [5, 5.41) is 16.5. The maximum absolute atomic E-state index is 9.56. The lowest BCUT2D eigenvalue weighted by atomic mass is 10.0. The first kappa shape index (κ1) is 12.5. The maximum atomic E-state index is 9.56. The highest BCUT2D eigenvalue weighted by Gasteiger charge is 2.27. The number of aromatic hydroxyl groups is 1. The Kier molecular flexibility index (Phi) is 2.74. The molecule has 1 heterocycles. The number of hydrogen-bond donors (Lipinski definition) is 1. The van der Waals surface area contributed by atoms with Crippen molar-refractivity contribution in [3.63, 3.8) is 0 Å². The minimum absolute atomic E-state index is 0.310. The molecule has 3 heteroatoms. The van der Waals surface area contributed by atoms with Crippen molar-refractivity contribution >= 4 is 10.8 Å². The summed E-state index contributed by atoms with van der Waals surface area (Å²) in [6.07, 6.45) is 2.55. The van der Waals surface area contributed by atoms with Crippen LogP contribution in [0.1, 0.15) is 31.4 Å². The van der Waals surface area contributed by atoms with Crippen LogP contribution in [0.25, 0.3) is 22.0 Å². The van der Waals surface area contributed by atoms with Crippen LogP contribution in [0, 0.1) is 0 Å². The van der Waals surface area contributed by atoms with Gasteiger partial charge in [-0.3, -0.25) is 4.68 Å². The largest absolute Gasteiger partial charge is 0.508 e. The van der Waals surface area contributed by atoms with Gasteiger partial charge in [-0.05, 0) is 54.8 Å². The van der Waals surface area contributed by atoms with Crippen LogP contribution in [0.2, 0.25) is 0 Å². The number of hydrogen-bond acceptors (Lipinski definition) is 2. The van der Waals surface area contributed by atoms with Gasteiger partial charge in [0.2, 0.25) is 0 Å². The Bertz CT molecular complexity index is 815. The fraction of sp³-hybridized carbons (Fsp3) is 0.278. The molecule has 0 spiro atoms. The van der Waals surface area contributed by atoms with Crippen molar-refractivity contribution in [1.29, 1.82) is 0 Å². The normalized spacial score (nSPS) is 14.7. The molecule has 0 atom stereocenters. The monoisotopic (exact) mass is 278 g/mol. The summed E-state index contributed by atoms with van der Waals surface area (Å²) in [7, 11) is 0. The van der Waals surface area contributed by atoms with E-state index in [1.54, 1.807) is 12.1 Å². The van der Waals surface area contributed by atoms with Gasteiger partial charge in [0.15, 0.2) is 0 Å². The summed E-state index contributed by atoms with van der Waals surface area (Å²) in [6, 6.07) is 14.1. The lowest BCUT2D eigenvalue weighted by molar-refractivity contribution is 0.476. The molecule has 0 saturated heterocycles. The molecule has 1 saturated carbocycles. The van der Waals surface area contributed by atoms with Gasteiger partial charge in [-0.2, -0.15) is 5.10 Å². The molecule has 1 N–H and O–H groups in total. The van der Waals surface area contributed by atoms with Crippen LogP contribution in [0.3, 0.4) is 0 Å². The van der Waals surface area contributed by atoms with Crippen LogP contribution in [0.15, 0.2) is 42.5 Å². The Labute approximate surface area is 123 Å². The maximum Gasteiger partial charge on any atom is 0.116 e. The molecule has 4 rings (SSSR count). The van der Waals surface area contributed by atoms with Gasteiger partial charge in [-0.15, -0.1) is 0 Å². The zero-order chi connectivity index (χ0) is 14.4. The second-order valence-electron chi connectivity index (χ2n) is 5.79. The molecule has 106 valence electrons. The van der Waals surface area contributed by atoms with E-state index >= 15 is 0 Å². The first-order valence-electron chi connectivity index (χ1n) is 7.55. The second-order valence-corrected chi connectivity index (χ2v) is 5.79. The summed E-state index contributed by atoms with van der Waals surface area (Å²) in [5.74, 6) is 0.985. The van der Waals surface area contributed by atoms with Gasteiger partial charge in [0.1, 0.15) is 5.75 Å². The third-order valence-electron chi connectivity index (χ3n) is 4.21. The lowest BCUT2D eigenvalue weighted by Crippen LogP contribution is -1.99. The second kappa shape index (κ2) is 4.62. The standard InChI is InChI=1S/C18H18N2O/c1-2-20-18(11-17(19-20)12-3-4-12)15-6-5-14-10-16(21)8-7-13(14)9-15/h5-12,21H,2-4H2,1H3. The topological polar surface area (TPSA) is 38.0 Å². The Morgan fingerprint density at radius 1 is 1.10 bits per heavy atom. The van der Waals surface area contributed by atoms with E-state index in [2.05, 4.69) is 35.9 Å². The van der Waals surface area contributed by atoms with Crippen molar-refractivity contribution in [2.75, 3.05) is 0 Å². The molecule has 0 radical (unpaired) electrons.